The number of carbonyl (C=O) groups excluding carboxylic acids is 1. The topological polar surface area (TPSA) is 38.3 Å². The Morgan fingerprint density at radius 1 is 0.960 bits per heavy atom. The molecule has 0 saturated heterocycles. The van der Waals surface area contributed by atoms with Crippen molar-refractivity contribution in [2.75, 3.05) is 6.61 Å². The Balaban J connectivity index is 1.39. The molecular formula is C22H25NO2. The molecule has 1 atom stereocenters. The molecule has 0 bridgehead atoms. The van der Waals surface area contributed by atoms with Crippen LogP contribution < -0.4 is 10.1 Å². The monoisotopic (exact) mass is 335 g/mol. The second-order valence-corrected chi connectivity index (χ2v) is 7.10. The second-order valence-electron chi connectivity index (χ2n) is 7.10. The number of rotatable bonds is 4. The van der Waals surface area contributed by atoms with E-state index in [1.165, 1.54) is 35.1 Å². The van der Waals surface area contributed by atoms with Crippen LogP contribution in [0.1, 0.15) is 54.0 Å². The maximum Gasteiger partial charge on any atom is 0.258 e. The SMILES string of the molecule is O=C(COc1cccc2c1CCCC2)N[C@H]1CCCc2ccccc21. The summed E-state index contributed by atoms with van der Waals surface area (Å²) in [5, 5.41) is 3.16. The average Bonchev–Trinajstić information content (AvgIpc) is 2.66. The number of hydrogen-bond donors (Lipinski definition) is 1. The van der Waals surface area contributed by atoms with Crippen LogP contribution in [-0.2, 0) is 24.1 Å². The molecule has 3 heteroatoms. The van der Waals surface area contributed by atoms with Crippen LogP contribution in [0.25, 0.3) is 0 Å². The van der Waals surface area contributed by atoms with Crippen LogP contribution in [0, 0.1) is 0 Å². The van der Waals surface area contributed by atoms with E-state index >= 15 is 0 Å². The van der Waals surface area contributed by atoms with E-state index in [-0.39, 0.29) is 18.6 Å². The zero-order valence-electron chi connectivity index (χ0n) is 14.6. The molecule has 2 aliphatic rings. The van der Waals surface area contributed by atoms with Crippen LogP contribution >= 0.6 is 0 Å². The molecule has 2 aromatic rings. The van der Waals surface area contributed by atoms with E-state index in [2.05, 4.69) is 35.6 Å². The largest absolute Gasteiger partial charge is 0.483 e. The smallest absolute Gasteiger partial charge is 0.258 e. The van der Waals surface area contributed by atoms with Crippen LogP contribution in [0.2, 0.25) is 0 Å². The standard InChI is InChI=1S/C22H25NO2/c24-22(23-20-13-5-9-16-7-1-3-11-18(16)20)15-25-21-14-6-10-17-8-2-4-12-19(17)21/h1,3,6-7,10-11,14,20H,2,4-5,8-9,12-13,15H2,(H,23,24)/t20-/m0/s1. The summed E-state index contributed by atoms with van der Waals surface area (Å²) in [5.41, 5.74) is 5.30. The predicted octanol–water partition coefficient (Wildman–Crippen LogP) is 4.14. The molecule has 1 amide bonds. The summed E-state index contributed by atoms with van der Waals surface area (Å²) in [5.74, 6) is 0.853. The highest BCUT2D eigenvalue weighted by Gasteiger charge is 2.22. The molecule has 25 heavy (non-hydrogen) atoms. The molecule has 0 aromatic heterocycles. The van der Waals surface area contributed by atoms with Crippen molar-refractivity contribution in [2.45, 2.75) is 51.0 Å². The van der Waals surface area contributed by atoms with E-state index in [1.54, 1.807) is 0 Å². The Kier molecular flexibility index (Phi) is 4.73. The summed E-state index contributed by atoms with van der Waals surface area (Å²) in [4.78, 5) is 12.4. The van der Waals surface area contributed by atoms with Gasteiger partial charge in [-0.1, -0.05) is 36.4 Å². The minimum absolute atomic E-state index is 0.0323. The number of carbonyl (C=O) groups is 1. The molecule has 2 aromatic carbocycles. The quantitative estimate of drug-likeness (QED) is 0.912. The van der Waals surface area contributed by atoms with Crippen LogP contribution in [0.15, 0.2) is 42.5 Å². The van der Waals surface area contributed by atoms with Crippen molar-refractivity contribution in [3.63, 3.8) is 0 Å². The van der Waals surface area contributed by atoms with Gasteiger partial charge in [-0.05, 0) is 73.3 Å². The van der Waals surface area contributed by atoms with Crippen molar-refractivity contribution in [3.8, 4) is 5.75 Å². The fourth-order valence-electron chi connectivity index (χ4n) is 4.16. The van der Waals surface area contributed by atoms with Crippen molar-refractivity contribution in [3.05, 3.63) is 64.7 Å². The Morgan fingerprint density at radius 3 is 2.72 bits per heavy atom. The molecule has 2 aliphatic carbocycles. The van der Waals surface area contributed by atoms with Gasteiger partial charge in [-0.2, -0.15) is 0 Å². The Hall–Kier alpha value is -2.29. The van der Waals surface area contributed by atoms with Gasteiger partial charge in [0, 0.05) is 0 Å². The molecule has 0 unspecified atom stereocenters. The maximum absolute atomic E-state index is 12.4. The van der Waals surface area contributed by atoms with E-state index in [9.17, 15) is 4.79 Å². The van der Waals surface area contributed by atoms with Crippen molar-refractivity contribution in [2.24, 2.45) is 0 Å². The Labute approximate surface area is 149 Å². The van der Waals surface area contributed by atoms with Gasteiger partial charge in [-0.25, -0.2) is 0 Å². The third kappa shape index (κ3) is 3.55. The second kappa shape index (κ2) is 7.30. The minimum atomic E-state index is -0.0323. The van der Waals surface area contributed by atoms with Gasteiger partial charge in [0.25, 0.3) is 5.91 Å². The molecule has 0 spiro atoms. The number of nitrogens with one attached hydrogen (secondary N) is 1. The lowest BCUT2D eigenvalue weighted by Crippen LogP contribution is -2.34. The molecule has 1 N–H and O–H groups in total. The lowest BCUT2D eigenvalue weighted by molar-refractivity contribution is -0.124. The highest BCUT2D eigenvalue weighted by Crippen LogP contribution is 2.30. The zero-order chi connectivity index (χ0) is 17.1. The van der Waals surface area contributed by atoms with E-state index in [1.807, 2.05) is 12.1 Å². The van der Waals surface area contributed by atoms with Crippen LogP contribution in [0.4, 0.5) is 0 Å². The lowest BCUT2D eigenvalue weighted by atomic mass is 9.88. The number of ether oxygens (including phenoxy) is 1. The first kappa shape index (κ1) is 16.2. The van der Waals surface area contributed by atoms with Crippen LogP contribution in [-0.4, -0.2) is 12.5 Å². The maximum atomic E-state index is 12.4. The number of aryl methyl sites for hydroxylation is 2. The van der Waals surface area contributed by atoms with Gasteiger partial charge in [0.15, 0.2) is 6.61 Å². The molecular weight excluding hydrogens is 310 g/mol. The van der Waals surface area contributed by atoms with Crippen molar-refractivity contribution in [1.82, 2.24) is 5.32 Å². The average molecular weight is 335 g/mol. The first-order valence-corrected chi connectivity index (χ1v) is 9.42. The first-order chi connectivity index (χ1) is 12.3. The number of fused-ring (bicyclic) bond motifs is 2. The fourth-order valence-corrected chi connectivity index (χ4v) is 4.16. The summed E-state index contributed by atoms with van der Waals surface area (Å²) in [7, 11) is 0. The van der Waals surface area contributed by atoms with E-state index < -0.39 is 0 Å². The number of amides is 1. The van der Waals surface area contributed by atoms with Crippen molar-refractivity contribution in [1.29, 1.82) is 0 Å². The van der Waals surface area contributed by atoms with Crippen LogP contribution in [0.3, 0.4) is 0 Å². The van der Waals surface area contributed by atoms with Crippen molar-refractivity contribution >= 4 is 5.91 Å². The molecule has 0 radical (unpaired) electrons. The van der Waals surface area contributed by atoms with E-state index in [0.29, 0.717) is 0 Å². The summed E-state index contributed by atoms with van der Waals surface area (Å²) in [6.45, 7) is 0.0924. The van der Waals surface area contributed by atoms with Crippen LogP contribution in [0.5, 0.6) is 5.75 Å². The first-order valence-electron chi connectivity index (χ1n) is 9.42. The molecule has 0 heterocycles. The van der Waals surface area contributed by atoms with E-state index in [0.717, 1.165) is 37.9 Å². The minimum Gasteiger partial charge on any atom is -0.483 e. The molecule has 3 nitrogen and oxygen atoms in total. The Bertz CT molecular complexity index is 768. The molecule has 4 rings (SSSR count). The third-order valence-corrected chi connectivity index (χ3v) is 5.42. The summed E-state index contributed by atoms with van der Waals surface area (Å²) >= 11 is 0. The third-order valence-electron chi connectivity index (χ3n) is 5.42. The molecule has 0 aliphatic heterocycles. The Morgan fingerprint density at radius 2 is 1.76 bits per heavy atom. The van der Waals surface area contributed by atoms with Gasteiger partial charge in [0.05, 0.1) is 6.04 Å². The zero-order valence-corrected chi connectivity index (χ0v) is 14.6. The normalized spacial score (nSPS) is 18.8. The molecule has 130 valence electrons. The van der Waals surface area contributed by atoms with E-state index in [4.69, 9.17) is 4.74 Å². The number of benzene rings is 2. The molecule has 0 fully saturated rings. The molecule has 0 saturated carbocycles. The summed E-state index contributed by atoms with van der Waals surface area (Å²) in [6, 6.07) is 14.8. The van der Waals surface area contributed by atoms with Gasteiger partial charge in [0.1, 0.15) is 5.75 Å². The van der Waals surface area contributed by atoms with Gasteiger partial charge in [-0.15, -0.1) is 0 Å². The van der Waals surface area contributed by atoms with Crippen molar-refractivity contribution < 1.29 is 9.53 Å². The van der Waals surface area contributed by atoms with Gasteiger partial charge in [-0.3, -0.25) is 4.79 Å². The highest BCUT2D eigenvalue weighted by molar-refractivity contribution is 5.78. The van der Waals surface area contributed by atoms with Gasteiger partial charge < -0.3 is 10.1 Å². The number of hydrogen-bond acceptors (Lipinski definition) is 2. The predicted molar refractivity (Wildman–Crippen MR) is 98.8 cm³/mol. The lowest BCUT2D eigenvalue weighted by Gasteiger charge is -2.26. The summed E-state index contributed by atoms with van der Waals surface area (Å²) < 4.78 is 5.88. The van der Waals surface area contributed by atoms with Gasteiger partial charge >= 0.3 is 0 Å². The summed E-state index contributed by atoms with van der Waals surface area (Å²) in [6.07, 6.45) is 7.87. The fraction of sp³-hybridized carbons (Fsp3) is 0.409. The van der Waals surface area contributed by atoms with Gasteiger partial charge in [0.2, 0.25) is 0 Å². The highest BCUT2D eigenvalue weighted by atomic mass is 16.5.